The van der Waals surface area contributed by atoms with E-state index in [1.807, 2.05) is 0 Å². The highest BCUT2D eigenvalue weighted by molar-refractivity contribution is 5.32. The molecule has 6 heteroatoms. The molecule has 1 aromatic heterocycles. The maximum absolute atomic E-state index is 13.3. The Bertz CT molecular complexity index is 331. The van der Waals surface area contributed by atoms with Crippen LogP contribution in [0.1, 0.15) is 17.7 Å². The van der Waals surface area contributed by atoms with Gasteiger partial charge in [-0.3, -0.25) is 4.98 Å². The van der Waals surface area contributed by atoms with Gasteiger partial charge in [0.2, 0.25) is 0 Å². The zero-order valence-electron chi connectivity index (χ0n) is 7.43. The molecule has 0 spiro atoms. The molecule has 0 unspecified atom stereocenters. The van der Waals surface area contributed by atoms with Crippen molar-refractivity contribution in [3.05, 3.63) is 23.3 Å². The molecule has 0 aliphatic heterocycles. The summed E-state index contributed by atoms with van der Waals surface area (Å²) in [6.07, 6.45) is -1.93. The van der Waals surface area contributed by atoms with Gasteiger partial charge >= 0.3 is 0 Å². The Morgan fingerprint density at radius 2 is 2.21 bits per heavy atom. The molecule has 0 aliphatic rings. The summed E-state index contributed by atoms with van der Waals surface area (Å²) in [6, 6.07) is 0. The van der Waals surface area contributed by atoms with Gasteiger partial charge in [0.15, 0.2) is 11.6 Å². The highest BCUT2D eigenvalue weighted by Gasteiger charge is 2.20. The minimum absolute atomic E-state index is 0.185. The maximum Gasteiger partial charge on any atom is 0.280 e. The van der Waals surface area contributed by atoms with Crippen LogP contribution in [0.3, 0.4) is 0 Å². The molecule has 1 aromatic rings. The number of methoxy groups -OCH3 is 1. The van der Waals surface area contributed by atoms with Gasteiger partial charge in [-0.2, -0.15) is 0 Å². The van der Waals surface area contributed by atoms with Gasteiger partial charge in [0.25, 0.3) is 6.43 Å². The number of nitrogens with zero attached hydrogens (tertiary/aromatic N) is 1. The SMILES string of the molecule is COc1cnc(C(F)F)c(CN)c1F. The number of hydrogen-bond donors (Lipinski definition) is 1. The Morgan fingerprint density at radius 3 is 2.64 bits per heavy atom. The second-order valence-corrected chi connectivity index (χ2v) is 2.51. The van der Waals surface area contributed by atoms with E-state index in [1.54, 1.807) is 0 Å². The van der Waals surface area contributed by atoms with Crippen molar-refractivity contribution in [1.29, 1.82) is 0 Å². The van der Waals surface area contributed by atoms with E-state index in [2.05, 4.69) is 9.72 Å². The summed E-state index contributed by atoms with van der Waals surface area (Å²) in [5.41, 5.74) is 4.20. The minimum Gasteiger partial charge on any atom is -0.492 e. The van der Waals surface area contributed by atoms with E-state index in [1.165, 1.54) is 7.11 Å². The summed E-state index contributed by atoms with van der Waals surface area (Å²) in [5.74, 6) is -1.06. The third-order valence-electron chi connectivity index (χ3n) is 1.74. The van der Waals surface area contributed by atoms with Gasteiger partial charge in [-0.15, -0.1) is 0 Å². The van der Waals surface area contributed by atoms with Crippen molar-refractivity contribution in [2.75, 3.05) is 7.11 Å². The molecule has 0 radical (unpaired) electrons. The second kappa shape index (κ2) is 4.28. The van der Waals surface area contributed by atoms with Crippen molar-refractivity contribution in [2.24, 2.45) is 5.73 Å². The van der Waals surface area contributed by atoms with E-state index >= 15 is 0 Å². The number of nitrogens with two attached hydrogens (primary N) is 1. The number of halogens is 3. The Hall–Kier alpha value is -1.30. The topological polar surface area (TPSA) is 48.1 Å². The predicted octanol–water partition coefficient (Wildman–Crippen LogP) is 1.63. The summed E-state index contributed by atoms with van der Waals surface area (Å²) >= 11 is 0. The first-order valence-corrected chi connectivity index (χ1v) is 3.81. The van der Waals surface area contributed by atoms with E-state index in [4.69, 9.17) is 5.73 Å². The van der Waals surface area contributed by atoms with Gasteiger partial charge in [-0.25, -0.2) is 13.2 Å². The van der Waals surface area contributed by atoms with Crippen LogP contribution in [-0.2, 0) is 6.54 Å². The third-order valence-corrected chi connectivity index (χ3v) is 1.74. The van der Waals surface area contributed by atoms with Crippen molar-refractivity contribution in [2.45, 2.75) is 13.0 Å². The van der Waals surface area contributed by atoms with Crippen molar-refractivity contribution in [3.63, 3.8) is 0 Å². The Kier molecular flexibility index (Phi) is 3.29. The van der Waals surface area contributed by atoms with Gasteiger partial charge in [0, 0.05) is 12.1 Å². The van der Waals surface area contributed by atoms with Crippen LogP contribution < -0.4 is 10.5 Å². The zero-order valence-corrected chi connectivity index (χ0v) is 7.43. The molecular weight excluding hydrogens is 197 g/mol. The quantitative estimate of drug-likeness (QED) is 0.817. The molecular formula is C8H9F3N2O. The van der Waals surface area contributed by atoms with Gasteiger partial charge in [0.05, 0.1) is 13.3 Å². The largest absolute Gasteiger partial charge is 0.492 e. The first kappa shape index (κ1) is 10.8. The van der Waals surface area contributed by atoms with E-state index in [0.29, 0.717) is 0 Å². The lowest BCUT2D eigenvalue weighted by Crippen LogP contribution is -2.08. The normalized spacial score (nSPS) is 10.7. The monoisotopic (exact) mass is 206 g/mol. The van der Waals surface area contributed by atoms with Crippen LogP contribution in [0.2, 0.25) is 0 Å². The molecule has 0 aliphatic carbocycles. The molecule has 1 rings (SSSR count). The molecule has 0 amide bonds. The fourth-order valence-corrected chi connectivity index (χ4v) is 1.05. The van der Waals surface area contributed by atoms with Crippen LogP contribution in [0, 0.1) is 5.82 Å². The number of ether oxygens (including phenoxy) is 1. The molecule has 0 fully saturated rings. The summed E-state index contributed by atoms with van der Waals surface area (Å²) in [4.78, 5) is 3.39. The van der Waals surface area contributed by atoms with Gasteiger partial charge in [-0.05, 0) is 0 Å². The average molecular weight is 206 g/mol. The van der Waals surface area contributed by atoms with Gasteiger partial charge in [-0.1, -0.05) is 0 Å². The standard InChI is InChI=1S/C8H9F3N2O/c1-14-5-3-13-7(8(10)11)4(2-12)6(5)9/h3,8H,2,12H2,1H3. The van der Waals surface area contributed by atoms with Crippen LogP contribution in [0.15, 0.2) is 6.20 Å². The average Bonchev–Trinajstić information content (AvgIpc) is 2.17. The molecule has 3 nitrogen and oxygen atoms in total. The molecule has 14 heavy (non-hydrogen) atoms. The summed E-state index contributed by atoms with van der Waals surface area (Å²) in [7, 11) is 1.22. The predicted molar refractivity (Wildman–Crippen MR) is 43.6 cm³/mol. The van der Waals surface area contributed by atoms with Crippen LogP contribution >= 0.6 is 0 Å². The lowest BCUT2D eigenvalue weighted by Gasteiger charge is -2.09. The summed E-state index contributed by atoms with van der Waals surface area (Å²) in [6.45, 7) is -0.338. The first-order chi connectivity index (χ1) is 6.61. The van der Waals surface area contributed by atoms with Crippen molar-refractivity contribution in [1.82, 2.24) is 4.98 Å². The Balaban J connectivity index is 3.28. The lowest BCUT2D eigenvalue weighted by molar-refractivity contribution is 0.143. The second-order valence-electron chi connectivity index (χ2n) is 2.51. The molecule has 0 bridgehead atoms. The van der Waals surface area contributed by atoms with Crippen molar-refractivity contribution in [3.8, 4) is 5.75 Å². The van der Waals surface area contributed by atoms with Gasteiger partial charge in [0.1, 0.15) is 5.69 Å². The Morgan fingerprint density at radius 1 is 1.57 bits per heavy atom. The molecule has 78 valence electrons. The summed E-state index contributed by atoms with van der Waals surface area (Å²) < 4.78 is 42.5. The van der Waals surface area contributed by atoms with E-state index < -0.39 is 17.9 Å². The number of aromatic nitrogens is 1. The van der Waals surface area contributed by atoms with Crippen LogP contribution in [-0.4, -0.2) is 12.1 Å². The van der Waals surface area contributed by atoms with E-state index in [0.717, 1.165) is 6.20 Å². The highest BCUT2D eigenvalue weighted by atomic mass is 19.3. The van der Waals surface area contributed by atoms with Crippen molar-refractivity contribution >= 4 is 0 Å². The molecule has 2 N–H and O–H groups in total. The highest BCUT2D eigenvalue weighted by Crippen LogP contribution is 2.27. The summed E-state index contributed by atoms with van der Waals surface area (Å²) in [5, 5.41) is 0. The molecule has 0 saturated carbocycles. The Labute approximate surface area is 78.7 Å². The lowest BCUT2D eigenvalue weighted by atomic mass is 10.2. The minimum atomic E-state index is -2.84. The van der Waals surface area contributed by atoms with Crippen LogP contribution in [0.5, 0.6) is 5.75 Å². The number of rotatable bonds is 3. The van der Waals surface area contributed by atoms with Crippen LogP contribution in [0.25, 0.3) is 0 Å². The fraction of sp³-hybridized carbons (Fsp3) is 0.375. The number of alkyl halides is 2. The third kappa shape index (κ3) is 1.79. The smallest absolute Gasteiger partial charge is 0.280 e. The number of hydrogen-bond acceptors (Lipinski definition) is 3. The first-order valence-electron chi connectivity index (χ1n) is 3.81. The molecule has 0 atom stereocenters. The molecule has 0 aromatic carbocycles. The van der Waals surface area contributed by atoms with Gasteiger partial charge < -0.3 is 10.5 Å². The number of pyridine rings is 1. The van der Waals surface area contributed by atoms with Crippen molar-refractivity contribution < 1.29 is 17.9 Å². The molecule has 0 saturated heterocycles. The molecule has 1 heterocycles. The fourth-order valence-electron chi connectivity index (χ4n) is 1.05. The maximum atomic E-state index is 13.3. The van der Waals surface area contributed by atoms with Crippen LogP contribution in [0.4, 0.5) is 13.2 Å². The zero-order chi connectivity index (χ0) is 10.7. The van der Waals surface area contributed by atoms with E-state index in [-0.39, 0.29) is 17.9 Å². The van der Waals surface area contributed by atoms with E-state index in [9.17, 15) is 13.2 Å².